The van der Waals surface area contributed by atoms with E-state index < -0.39 is 0 Å². The number of hydrogen-bond donors (Lipinski definition) is 1. The molecule has 1 heterocycles. The highest BCUT2D eigenvalue weighted by atomic mass is 16.5. The van der Waals surface area contributed by atoms with Crippen molar-refractivity contribution in [1.82, 2.24) is 5.32 Å². The highest BCUT2D eigenvalue weighted by molar-refractivity contribution is 5.02. The van der Waals surface area contributed by atoms with Gasteiger partial charge in [-0.3, -0.25) is 0 Å². The second-order valence-electron chi connectivity index (χ2n) is 6.30. The van der Waals surface area contributed by atoms with Crippen molar-refractivity contribution >= 4 is 0 Å². The lowest BCUT2D eigenvalue weighted by Crippen LogP contribution is -2.47. The van der Waals surface area contributed by atoms with Gasteiger partial charge < -0.3 is 10.1 Å². The molecule has 0 aromatic rings. The molecular weight excluding hydrogens is 198 g/mol. The SMILES string of the molecule is CC(C)NCC1(C(C)C)CCOC1C1CC1. The molecule has 2 nitrogen and oxygen atoms in total. The Morgan fingerprint density at radius 1 is 1.25 bits per heavy atom. The van der Waals surface area contributed by atoms with Crippen LogP contribution in [0.2, 0.25) is 0 Å². The zero-order valence-corrected chi connectivity index (χ0v) is 11.3. The van der Waals surface area contributed by atoms with Crippen LogP contribution in [0.15, 0.2) is 0 Å². The van der Waals surface area contributed by atoms with Crippen LogP contribution >= 0.6 is 0 Å². The fourth-order valence-electron chi connectivity index (χ4n) is 3.09. The molecule has 0 aromatic heterocycles. The van der Waals surface area contributed by atoms with E-state index in [0.29, 0.717) is 23.5 Å². The largest absolute Gasteiger partial charge is 0.377 e. The zero-order valence-electron chi connectivity index (χ0n) is 11.3. The maximum absolute atomic E-state index is 6.05. The van der Waals surface area contributed by atoms with Crippen LogP contribution < -0.4 is 5.32 Å². The quantitative estimate of drug-likeness (QED) is 0.777. The van der Waals surface area contributed by atoms with Crippen LogP contribution in [0.4, 0.5) is 0 Å². The molecule has 2 atom stereocenters. The minimum Gasteiger partial charge on any atom is -0.377 e. The summed E-state index contributed by atoms with van der Waals surface area (Å²) in [5.74, 6) is 1.57. The molecule has 94 valence electrons. The van der Waals surface area contributed by atoms with E-state index >= 15 is 0 Å². The smallest absolute Gasteiger partial charge is 0.0674 e. The molecule has 2 rings (SSSR count). The first-order chi connectivity index (χ1) is 7.56. The predicted octanol–water partition coefficient (Wildman–Crippen LogP) is 2.83. The average Bonchev–Trinajstić information content (AvgIpc) is 2.95. The van der Waals surface area contributed by atoms with Crippen molar-refractivity contribution in [3.8, 4) is 0 Å². The summed E-state index contributed by atoms with van der Waals surface area (Å²) in [4.78, 5) is 0. The van der Waals surface area contributed by atoms with E-state index in [1.807, 2.05) is 0 Å². The van der Waals surface area contributed by atoms with Crippen LogP contribution in [0.5, 0.6) is 0 Å². The van der Waals surface area contributed by atoms with Gasteiger partial charge in [0.25, 0.3) is 0 Å². The van der Waals surface area contributed by atoms with E-state index in [1.54, 1.807) is 0 Å². The summed E-state index contributed by atoms with van der Waals surface area (Å²) in [5, 5.41) is 3.64. The van der Waals surface area contributed by atoms with Crippen molar-refractivity contribution < 1.29 is 4.74 Å². The summed E-state index contributed by atoms with van der Waals surface area (Å²) in [6.07, 6.45) is 4.55. The van der Waals surface area contributed by atoms with Gasteiger partial charge in [-0.1, -0.05) is 27.7 Å². The highest BCUT2D eigenvalue weighted by Gasteiger charge is 2.52. The Labute approximate surface area is 100 Å². The van der Waals surface area contributed by atoms with Crippen molar-refractivity contribution in [3.63, 3.8) is 0 Å². The third-order valence-corrected chi connectivity index (χ3v) is 4.47. The molecule has 0 radical (unpaired) electrons. The predicted molar refractivity (Wildman–Crippen MR) is 67.5 cm³/mol. The second-order valence-corrected chi connectivity index (χ2v) is 6.30. The number of rotatable bonds is 5. The van der Waals surface area contributed by atoms with E-state index in [-0.39, 0.29) is 0 Å². The summed E-state index contributed by atoms with van der Waals surface area (Å²) in [7, 11) is 0. The molecule has 2 unspecified atom stereocenters. The lowest BCUT2D eigenvalue weighted by Gasteiger charge is -2.39. The van der Waals surface area contributed by atoms with E-state index in [9.17, 15) is 0 Å². The average molecular weight is 225 g/mol. The van der Waals surface area contributed by atoms with Crippen molar-refractivity contribution in [2.45, 2.75) is 59.1 Å². The topological polar surface area (TPSA) is 21.3 Å². The Morgan fingerprint density at radius 3 is 2.44 bits per heavy atom. The van der Waals surface area contributed by atoms with Gasteiger partial charge in [0.15, 0.2) is 0 Å². The van der Waals surface area contributed by atoms with E-state index in [4.69, 9.17) is 4.74 Å². The third kappa shape index (κ3) is 2.28. The molecule has 0 bridgehead atoms. The lowest BCUT2D eigenvalue weighted by atomic mass is 9.70. The molecule has 16 heavy (non-hydrogen) atoms. The Balaban J connectivity index is 2.06. The van der Waals surface area contributed by atoms with E-state index in [0.717, 1.165) is 19.1 Å². The first-order valence-electron chi connectivity index (χ1n) is 6.91. The van der Waals surface area contributed by atoms with Crippen LogP contribution in [0.25, 0.3) is 0 Å². The first kappa shape index (κ1) is 12.4. The Hall–Kier alpha value is -0.0800. The minimum absolute atomic E-state index is 0.394. The minimum atomic E-state index is 0.394. The first-order valence-corrected chi connectivity index (χ1v) is 6.91. The number of hydrogen-bond acceptors (Lipinski definition) is 2. The molecule has 1 N–H and O–H groups in total. The van der Waals surface area contributed by atoms with E-state index in [1.165, 1.54) is 19.3 Å². The molecule has 0 spiro atoms. The van der Waals surface area contributed by atoms with Gasteiger partial charge >= 0.3 is 0 Å². The summed E-state index contributed by atoms with van der Waals surface area (Å²) in [5.41, 5.74) is 0.394. The van der Waals surface area contributed by atoms with Crippen molar-refractivity contribution in [2.75, 3.05) is 13.2 Å². The van der Waals surface area contributed by atoms with Gasteiger partial charge in [-0.05, 0) is 31.1 Å². The zero-order chi connectivity index (χ0) is 11.8. The number of nitrogens with one attached hydrogen (secondary N) is 1. The lowest BCUT2D eigenvalue weighted by molar-refractivity contribution is 0.00664. The van der Waals surface area contributed by atoms with Gasteiger partial charge in [-0.25, -0.2) is 0 Å². The van der Waals surface area contributed by atoms with E-state index in [2.05, 4.69) is 33.0 Å². The molecule has 2 fully saturated rings. The summed E-state index contributed by atoms with van der Waals surface area (Å²) in [6.45, 7) is 11.3. The van der Waals surface area contributed by atoms with Gasteiger partial charge in [-0.2, -0.15) is 0 Å². The number of ether oxygens (including phenoxy) is 1. The van der Waals surface area contributed by atoms with Crippen molar-refractivity contribution in [1.29, 1.82) is 0 Å². The maximum atomic E-state index is 6.05. The Morgan fingerprint density at radius 2 is 1.94 bits per heavy atom. The van der Waals surface area contributed by atoms with Gasteiger partial charge in [0.1, 0.15) is 0 Å². The van der Waals surface area contributed by atoms with Crippen LogP contribution in [0, 0.1) is 17.3 Å². The summed E-state index contributed by atoms with van der Waals surface area (Å²) < 4.78 is 6.05. The molecule has 0 amide bonds. The molecule has 1 aliphatic carbocycles. The summed E-state index contributed by atoms with van der Waals surface area (Å²) in [6, 6.07) is 0.580. The maximum Gasteiger partial charge on any atom is 0.0674 e. The monoisotopic (exact) mass is 225 g/mol. The Kier molecular flexibility index (Phi) is 3.60. The molecule has 0 aromatic carbocycles. The third-order valence-electron chi connectivity index (χ3n) is 4.47. The van der Waals surface area contributed by atoms with Crippen LogP contribution in [0.3, 0.4) is 0 Å². The van der Waals surface area contributed by atoms with Gasteiger partial charge in [0.05, 0.1) is 6.10 Å². The van der Waals surface area contributed by atoms with Crippen LogP contribution in [0.1, 0.15) is 47.0 Å². The highest BCUT2D eigenvalue weighted by Crippen LogP contribution is 2.51. The molecule has 1 saturated heterocycles. The van der Waals surface area contributed by atoms with Gasteiger partial charge in [0, 0.05) is 24.6 Å². The standard InChI is InChI=1S/C14H27NO/c1-10(2)14(9-15-11(3)4)7-8-16-13(14)12-5-6-12/h10-13,15H,5-9H2,1-4H3. The van der Waals surface area contributed by atoms with Crippen LogP contribution in [-0.2, 0) is 4.74 Å². The van der Waals surface area contributed by atoms with Crippen LogP contribution in [-0.4, -0.2) is 25.3 Å². The fourth-order valence-corrected chi connectivity index (χ4v) is 3.09. The molecule has 1 aliphatic heterocycles. The van der Waals surface area contributed by atoms with Gasteiger partial charge in [0.2, 0.25) is 0 Å². The Bertz CT molecular complexity index is 235. The molecule has 2 heteroatoms. The molecule has 2 aliphatic rings. The molecular formula is C14H27NO. The van der Waals surface area contributed by atoms with Crippen molar-refractivity contribution in [2.24, 2.45) is 17.3 Å². The summed E-state index contributed by atoms with van der Waals surface area (Å²) >= 11 is 0. The fraction of sp³-hybridized carbons (Fsp3) is 1.00. The molecule has 1 saturated carbocycles. The normalized spacial score (nSPS) is 35.2. The van der Waals surface area contributed by atoms with Gasteiger partial charge in [-0.15, -0.1) is 0 Å². The second kappa shape index (κ2) is 4.66. The van der Waals surface area contributed by atoms with Crippen molar-refractivity contribution in [3.05, 3.63) is 0 Å².